The van der Waals surface area contributed by atoms with Crippen LogP contribution in [0, 0.1) is 0 Å². The average molecular weight is 341 g/mol. The molecular weight excluding hydrogens is 318 g/mol. The lowest BCUT2D eigenvalue weighted by atomic mass is 10.1. The Balaban J connectivity index is 2.70. The van der Waals surface area contributed by atoms with Gasteiger partial charge in [0, 0.05) is 16.7 Å². The molecule has 130 valence electrons. The summed E-state index contributed by atoms with van der Waals surface area (Å²) in [6.45, 7) is 11.7. The maximum atomic E-state index is 4.65. The van der Waals surface area contributed by atoms with E-state index < -0.39 is 0 Å². The number of aromatic nitrogens is 3. The zero-order valence-corrected chi connectivity index (χ0v) is 15.3. The quantitative estimate of drug-likeness (QED) is 0.595. The minimum Gasteiger partial charge on any atom is -0.208 e. The summed E-state index contributed by atoms with van der Waals surface area (Å²) in [5, 5.41) is 0. The van der Waals surface area contributed by atoms with Gasteiger partial charge in [-0.3, -0.25) is 0 Å². The standard InChI is InChI=1S/C23H23N3/c1-5-9-14-18(7-3)21-24-22(19(8-4)15-10-6-2)26-23(25-21)20-16-12-11-13-17-20/h5-17H,3-4H2,1-2H3/b9-5-,10-6-,18-14+,19-15+. The first-order chi connectivity index (χ1) is 12.7. The Morgan fingerprint density at radius 1 is 0.769 bits per heavy atom. The third-order valence-electron chi connectivity index (χ3n) is 3.56. The van der Waals surface area contributed by atoms with E-state index in [0.717, 1.165) is 16.7 Å². The van der Waals surface area contributed by atoms with E-state index in [1.54, 1.807) is 12.2 Å². The van der Waals surface area contributed by atoms with Gasteiger partial charge in [-0.15, -0.1) is 0 Å². The van der Waals surface area contributed by atoms with Crippen LogP contribution in [0.3, 0.4) is 0 Å². The van der Waals surface area contributed by atoms with Gasteiger partial charge in [0.25, 0.3) is 0 Å². The molecule has 0 aliphatic heterocycles. The van der Waals surface area contributed by atoms with Gasteiger partial charge in [0.05, 0.1) is 0 Å². The van der Waals surface area contributed by atoms with Crippen molar-refractivity contribution in [2.45, 2.75) is 13.8 Å². The molecule has 3 heteroatoms. The van der Waals surface area contributed by atoms with Gasteiger partial charge < -0.3 is 0 Å². The molecule has 3 nitrogen and oxygen atoms in total. The number of rotatable bonds is 7. The van der Waals surface area contributed by atoms with Crippen LogP contribution in [-0.4, -0.2) is 15.0 Å². The number of hydrogen-bond donors (Lipinski definition) is 0. The highest BCUT2D eigenvalue weighted by atomic mass is 15.0. The third kappa shape index (κ3) is 4.84. The lowest BCUT2D eigenvalue weighted by Gasteiger charge is -2.08. The SMILES string of the molecule is C=C/C(=C\C=C/C)c1nc(/C(C=C)=C/C=C\C)nc(-c2ccccc2)n1. The number of allylic oxidation sites excluding steroid dienone is 10. The van der Waals surface area contributed by atoms with E-state index in [1.165, 1.54) is 0 Å². The molecule has 1 aromatic heterocycles. The molecule has 0 aliphatic carbocycles. The Kier molecular flexibility index (Phi) is 7.19. The summed E-state index contributed by atoms with van der Waals surface area (Å²) in [5.41, 5.74) is 2.60. The second-order valence-electron chi connectivity index (χ2n) is 5.38. The van der Waals surface area contributed by atoms with Crippen LogP contribution in [0.1, 0.15) is 25.5 Å². The monoisotopic (exact) mass is 341 g/mol. The van der Waals surface area contributed by atoms with Crippen LogP contribution in [0.15, 0.2) is 92.1 Å². The molecule has 0 saturated carbocycles. The Hall–Kier alpha value is -3.33. The lowest BCUT2D eigenvalue weighted by molar-refractivity contribution is 1.00. The Bertz CT molecular complexity index is 833. The van der Waals surface area contributed by atoms with E-state index >= 15 is 0 Å². The molecule has 0 spiro atoms. The van der Waals surface area contributed by atoms with Crippen LogP contribution >= 0.6 is 0 Å². The summed E-state index contributed by atoms with van der Waals surface area (Å²) < 4.78 is 0. The van der Waals surface area contributed by atoms with Crippen molar-refractivity contribution in [3.63, 3.8) is 0 Å². The van der Waals surface area contributed by atoms with Crippen LogP contribution in [0.25, 0.3) is 22.5 Å². The van der Waals surface area contributed by atoms with Crippen molar-refractivity contribution in [3.8, 4) is 11.4 Å². The topological polar surface area (TPSA) is 38.7 Å². The minimum atomic E-state index is 0.579. The minimum absolute atomic E-state index is 0.579. The van der Waals surface area contributed by atoms with Crippen LogP contribution in [-0.2, 0) is 0 Å². The van der Waals surface area contributed by atoms with E-state index in [4.69, 9.17) is 0 Å². The number of nitrogens with zero attached hydrogens (tertiary/aromatic N) is 3. The molecule has 0 atom stereocenters. The summed E-state index contributed by atoms with van der Waals surface area (Å²) in [7, 11) is 0. The molecule has 0 bridgehead atoms. The van der Waals surface area contributed by atoms with Gasteiger partial charge in [0.1, 0.15) is 0 Å². The number of benzene rings is 1. The Morgan fingerprint density at radius 3 is 1.69 bits per heavy atom. The molecule has 0 N–H and O–H groups in total. The fraction of sp³-hybridized carbons (Fsp3) is 0.0870. The Labute approximate surface area is 155 Å². The van der Waals surface area contributed by atoms with E-state index in [0.29, 0.717) is 17.5 Å². The molecule has 0 unspecified atom stereocenters. The van der Waals surface area contributed by atoms with Crippen molar-refractivity contribution in [2.24, 2.45) is 0 Å². The first kappa shape index (κ1) is 19.0. The average Bonchev–Trinajstić information content (AvgIpc) is 2.70. The predicted molar refractivity (Wildman–Crippen MR) is 111 cm³/mol. The molecule has 1 aromatic carbocycles. The van der Waals surface area contributed by atoms with Crippen molar-refractivity contribution in [1.29, 1.82) is 0 Å². The van der Waals surface area contributed by atoms with Crippen LogP contribution in [0.2, 0.25) is 0 Å². The largest absolute Gasteiger partial charge is 0.208 e. The van der Waals surface area contributed by atoms with E-state index in [1.807, 2.05) is 80.6 Å². The molecule has 0 aliphatic rings. The summed E-state index contributed by atoms with van der Waals surface area (Å²) in [5.74, 6) is 1.78. The summed E-state index contributed by atoms with van der Waals surface area (Å²) >= 11 is 0. The molecule has 26 heavy (non-hydrogen) atoms. The molecular formula is C23H23N3. The second kappa shape index (κ2) is 9.84. The fourth-order valence-corrected chi connectivity index (χ4v) is 2.22. The third-order valence-corrected chi connectivity index (χ3v) is 3.56. The maximum absolute atomic E-state index is 4.65. The van der Waals surface area contributed by atoms with Crippen molar-refractivity contribution >= 4 is 11.1 Å². The van der Waals surface area contributed by atoms with Crippen LogP contribution in [0.4, 0.5) is 0 Å². The Morgan fingerprint density at radius 2 is 1.27 bits per heavy atom. The summed E-state index contributed by atoms with van der Waals surface area (Å²) in [4.78, 5) is 13.9. The van der Waals surface area contributed by atoms with E-state index in [2.05, 4.69) is 28.1 Å². The van der Waals surface area contributed by atoms with Gasteiger partial charge in [-0.2, -0.15) is 0 Å². The first-order valence-corrected chi connectivity index (χ1v) is 8.46. The van der Waals surface area contributed by atoms with Crippen molar-refractivity contribution in [3.05, 3.63) is 104 Å². The highest BCUT2D eigenvalue weighted by molar-refractivity contribution is 5.75. The smallest absolute Gasteiger partial charge is 0.164 e. The molecule has 0 saturated heterocycles. The van der Waals surface area contributed by atoms with Gasteiger partial charge in [0.2, 0.25) is 0 Å². The summed E-state index contributed by atoms with van der Waals surface area (Å²) in [6, 6.07) is 9.86. The lowest BCUT2D eigenvalue weighted by Crippen LogP contribution is -2.04. The molecule has 0 fully saturated rings. The van der Waals surface area contributed by atoms with E-state index in [-0.39, 0.29) is 0 Å². The molecule has 2 aromatic rings. The van der Waals surface area contributed by atoms with Crippen LogP contribution < -0.4 is 0 Å². The summed E-state index contributed by atoms with van der Waals surface area (Å²) in [6.07, 6.45) is 15.1. The molecule has 2 rings (SSSR count). The zero-order chi connectivity index (χ0) is 18.8. The van der Waals surface area contributed by atoms with Crippen molar-refractivity contribution in [2.75, 3.05) is 0 Å². The van der Waals surface area contributed by atoms with Gasteiger partial charge in [-0.05, 0) is 13.8 Å². The highest BCUT2D eigenvalue weighted by Crippen LogP contribution is 2.21. The zero-order valence-electron chi connectivity index (χ0n) is 15.3. The molecule has 0 amide bonds. The number of hydrogen-bond acceptors (Lipinski definition) is 3. The van der Waals surface area contributed by atoms with Gasteiger partial charge >= 0.3 is 0 Å². The van der Waals surface area contributed by atoms with E-state index in [9.17, 15) is 0 Å². The normalized spacial score (nSPS) is 12.7. The predicted octanol–water partition coefficient (Wildman–Crippen LogP) is 5.83. The maximum Gasteiger partial charge on any atom is 0.164 e. The first-order valence-electron chi connectivity index (χ1n) is 8.46. The molecule has 1 heterocycles. The van der Waals surface area contributed by atoms with Gasteiger partial charge in [0.15, 0.2) is 17.5 Å². The fourth-order valence-electron chi connectivity index (χ4n) is 2.22. The van der Waals surface area contributed by atoms with Crippen molar-refractivity contribution in [1.82, 2.24) is 15.0 Å². The molecule has 0 radical (unpaired) electrons. The van der Waals surface area contributed by atoms with Gasteiger partial charge in [-0.1, -0.05) is 92.1 Å². The second-order valence-corrected chi connectivity index (χ2v) is 5.38. The van der Waals surface area contributed by atoms with Crippen LogP contribution in [0.5, 0.6) is 0 Å². The van der Waals surface area contributed by atoms with Gasteiger partial charge in [-0.25, -0.2) is 15.0 Å². The highest BCUT2D eigenvalue weighted by Gasteiger charge is 2.12. The van der Waals surface area contributed by atoms with Crippen molar-refractivity contribution < 1.29 is 0 Å².